The molecule has 0 saturated heterocycles. The first-order chi connectivity index (χ1) is 8.97. The van der Waals surface area contributed by atoms with Gasteiger partial charge in [-0.05, 0) is 55.3 Å². The number of rotatable bonds is 3. The molecule has 2 aromatic carbocycles. The molecule has 2 aromatic rings. The second-order valence-corrected chi connectivity index (χ2v) is 4.90. The predicted octanol–water partition coefficient (Wildman–Crippen LogP) is 4.60. The molecule has 4 heteroatoms. The van der Waals surface area contributed by atoms with Crippen molar-refractivity contribution in [1.82, 2.24) is 0 Å². The van der Waals surface area contributed by atoms with Crippen molar-refractivity contribution in [3.8, 4) is 11.5 Å². The van der Waals surface area contributed by atoms with E-state index in [1.165, 1.54) is 6.07 Å². The van der Waals surface area contributed by atoms with Crippen molar-refractivity contribution in [1.29, 1.82) is 0 Å². The summed E-state index contributed by atoms with van der Waals surface area (Å²) in [4.78, 5) is 0. The highest BCUT2D eigenvalue weighted by atomic mass is 35.5. The second kappa shape index (κ2) is 5.59. The maximum atomic E-state index is 13.2. The Morgan fingerprint density at radius 3 is 2.53 bits per heavy atom. The normalized spacial score (nSPS) is 12.3. The summed E-state index contributed by atoms with van der Waals surface area (Å²) in [6, 6.07) is 9.89. The molecule has 0 bridgehead atoms. The van der Waals surface area contributed by atoms with Gasteiger partial charge >= 0.3 is 0 Å². The first-order valence-corrected chi connectivity index (χ1v) is 6.34. The van der Waals surface area contributed by atoms with Crippen LogP contribution < -0.4 is 10.5 Å². The van der Waals surface area contributed by atoms with E-state index in [0.29, 0.717) is 22.1 Å². The van der Waals surface area contributed by atoms with Gasteiger partial charge in [-0.15, -0.1) is 0 Å². The number of hydrogen-bond donors (Lipinski definition) is 1. The van der Waals surface area contributed by atoms with Crippen LogP contribution in [-0.2, 0) is 0 Å². The van der Waals surface area contributed by atoms with Crippen molar-refractivity contribution in [2.75, 3.05) is 0 Å². The molecule has 100 valence electrons. The molecule has 19 heavy (non-hydrogen) atoms. The molecule has 0 aliphatic heterocycles. The molecular formula is C15H15ClFNO. The van der Waals surface area contributed by atoms with Crippen LogP contribution in [0.5, 0.6) is 11.5 Å². The van der Waals surface area contributed by atoms with E-state index < -0.39 is 0 Å². The van der Waals surface area contributed by atoms with Crippen molar-refractivity contribution in [2.24, 2.45) is 5.73 Å². The van der Waals surface area contributed by atoms with Gasteiger partial charge in [0.1, 0.15) is 17.3 Å². The number of halogens is 2. The lowest BCUT2D eigenvalue weighted by atomic mass is 10.1. The van der Waals surface area contributed by atoms with Crippen LogP contribution in [0.15, 0.2) is 36.4 Å². The highest BCUT2D eigenvalue weighted by Crippen LogP contribution is 2.31. The fourth-order valence-electron chi connectivity index (χ4n) is 1.69. The van der Waals surface area contributed by atoms with Gasteiger partial charge in [-0.3, -0.25) is 0 Å². The smallest absolute Gasteiger partial charge is 0.146 e. The highest BCUT2D eigenvalue weighted by molar-refractivity contribution is 6.32. The molecule has 2 rings (SSSR count). The standard InChI is InChI=1S/C15H15ClFNO/c1-9-7-12(4-5-14(9)17)19-15-6-3-11(10(2)18)8-13(15)16/h3-8,10H,18H2,1-2H3/t10-/m0/s1. The summed E-state index contributed by atoms with van der Waals surface area (Å²) >= 11 is 6.14. The molecular weight excluding hydrogens is 265 g/mol. The third kappa shape index (κ3) is 3.25. The number of benzene rings is 2. The monoisotopic (exact) mass is 279 g/mol. The quantitative estimate of drug-likeness (QED) is 0.891. The Hall–Kier alpha value is -1.58. The van der Waals surface area contributed by atoms with Crippen LogP contribution in [0, 0.1) is 12.7 Å². The Balaban J connectivity index is 2.25. The molecule has 0 aliphatic rings. The number of nitrogens with two attached hydrogens (primary N) is 1. The molecule has 0 aliphatic carbocycles. The molecule has 0 radical (unpaired) electrons. The fraction of sp³-hybridized carbons (Fsp3) is 0.200. The Kier molecular flexibility index (Phi) is 4.08. The molecule has 1 atom stereocenters. The second-order valence-electron chi connectivity index (χ2n) is 4.49. The van der Waals surface area contributed by atoms with Gasteiger partial charge in [-0.1, -0.05) is 17.7 Å². The minimum Gasteiger partial charge on any atom is -0.456 e. The van der Waals surface area contributed by atoms with E-state index in [4.69, 9.17) is 22.1 Å². The van der Waals surface area contributed by atoms with Gasteiger partial charge < -0.3 is 10.5 Å². The van der Waals surface area contributed by atoms with Gasteiger partial charge in [0.2, 0.25) is 0 Å². The topological polar surface area (TPSA) is 35.2 Å². The highest BCUT2D eigenvalue weighted by Gasteiger charge is 2.08. The maximum Gasteiger partial charge on any atom is 0.146 e. The Morgan fingerprint density at radius 2 is 1.95 bits per heavy atom. The summed E-state index contributed by atoms with van der Waals surface area (Å²) < 4.78 is 18.8. The Bertz CT molecular complexity index is 599. The lowest BCUT2D eigenvalue weighted by Gasteiger charge is -2.11. The zero-order chi connectivity index (χ0) is 14.0. The van der Waals surface area contributed by atoms with Crippen LogP contribution in [0.2, 0.25) is 5.02 Å². The van der Waals surface area contributed by atoms with Crippen molar-refractivity contribution >= 4 is 11.6 Å². The van der Waals surface area contributed by atoms with Gasteiger partial charge in [0.05, 0.1) is 5.02 Å². The third-order valence-electron chi connectivity index (χ3n) is 2.84. The van der Waals surface area contributed by atoms with Gasteiger partial charge in [0.15, 0.2) is 0 Å². The molecule has 0 spiro atoms. The lowest BCUT2D eigenvalue weighted by Crippen LogP contribution is -2.04. The van der Waals surface area contributed by atoms with Crippen LogP contribution >= 0.6 is 11.6 Å². The van der Waals surface area contributed by atoms with Crippen molar-refractivity contribution < 1.29 is 9.13 Å². The predicted molar refractivity (Wildman–Crippen MR) is 75.3 cm³/mol. The molecule has 0 saturated carbocycles. The van der Waals surface area contributed by atoms with Gasteiger partial charge in [-0.2, -0.15) is 0 Å². The largest absolute Gasteiger partial charge is 0.456 e. The number of hydrogen-bond acceptors (Lipinski definition) is 2. The van der Waals surface area contributed by atoms with E-state index in [-0.39, 0.29) is 11.9 Å². The Labute approximate surface area is 117 Å². The first kappa shape index (κ1) is 13.8. The summed E-state index contributed by atoms with van der Waals surface area (Å²) in [5.74, 6) is 0.817. The van der Waals surface area contributed by atoms with Crippen molar-refractivity contribution in [2.45, 2.75) is 19.9 Å². The zero-order valence-corrected chi connectivity index (χ0v) is 11.5. The van der Waals surface area contributed by atoms with E-state index in [2.05, 4.69) is 0 Å². The van der Waals surface area contributed by atoms with E-state index in [1.54, 1.807) is 31.2 Å². The first-order valence-electron chi connectivity index (χ1n) is 5.96. The molecule has 2 N–H and O–H groups in total. The molecule has 0 heterocycles. The summed E-state index contributed by atoms with van der Waals surface area (Å²) in [6.07, 6.45) is 0. The zero-order valence-electron chi connectivity index (χ0n) is 10.8. The van der Waals surface area contributed by atoms with Crippen LogP contribution in [-0.4, -0.2) is 0 Å². The van der Waals surface area contributed by atoms with E-state index >= 15 is 0 Å². The molecule has 0 aromatic heterocycles. The SMILES string of the molecule is Cc1cc(Oc2ccc([C@H](C)N)cc2Cl)ccc1F. The maximum absolute atomic E-state index is 13.2. The van der Waals surface area contributed by atoms with E-state index in [0.717, 1.165) is 5.56 Å². The fourth-order valence-corrected chi connectivity index (χ4v) is 1.92. The van der Waals surface area contributed by atoms with Crippen LogP contribution in [0.3, 0.4) is 0 Å². The van der Waals surface area contributed by atoms with Crippen LogP contribution in [0.4, 0.5) is 4.39 Å². The minimum atomic E-state index is -0.259. The average Bonchev–Trinajstić information content (AvgIpc) is 2.36. The summed E-state index contributed by atoms with van der Waals surface area (Å²) in [7, 11) is 0. The molecule has 2 nitrogen and oxygen atoms in total. The van der Waals surface area contributed by atoms with Gasteiger partial charge in [0, 0.05) is 6.04 Å². The summed E-state index contributed by atoms with van der Waals surface area (Å²) in [5, 5.41) is 0.483. The average molecular weight is 280 g/mol. The summed E-state index contributed by atoms with van der Waals surface area (Å²) in [5.41, 5.74) is 7.25. The van der Waals surface area contributed by atoms with Crippen molar-refractivity contribution in [3.05, 3.63) is 58.4 Å². The minimum absolute atomic E-state index is 0.0837. The lowest BCUT2D eigenvalue weighted by molar-refractivity contribution is 0.479. The van der Waals surface area contributed by atoms with Crippen LogP contribution in [0.1, 0.15) is 24.1 Å². The third-order valence-corrected chi connectivity index (χ3v) is 3.13. The van der Waals surface area contributed by atoms with E-state index in [1.807, 2.05) is 13.0 Å². The van der Waals surface area contributed by atoms with Crippen LogP contribution in [0.25, 0.3) is 0 Å². The molecule has 0 fully saturated rings. The van der Waals surface area contributed by atoms with Gasteiger partial charge in [0.25, 0.3) is 0 Å². The van der Waals surface area contributed by atoms with Crippen molar-refractivity contribution in [3.63, 3.8) is 0 Å². The molecule has 0 unspecified atom stereocenters. The molecule has 0 amide bonds. The van der Waals surface area contributed by atoms with E-state index in [9.17, 15) is 4.39 Å². The number of ether oxygens (including phenoxy) is 1. The summed E-state index contributed by atoms with van der Waals surface area (Å²) in [6.45, 7) is 3.57. The Morgan fingerprint density at radius 1 is 1.21 bits per heavy atom. The number of aryl methyl sites for hydroxylation is 1. The van der Waals surface area contributed by atoms with Gasteiger partial charge in [-0.25, -0.2) is 4.39 Å².